The Morgan fingerprint density at radius 2 is 1.73 bits per heavy atom. The molecule has 2 rings (SSSR count). The van der Waals surface area contributed by atoms with Crippen molar-refractivity contribution in [3.8, 4) is 0 Å². The van der Waals surface area contributed by atoms with Crippen molar-refractivity contribution in [3.05, 3.63) is 59.2 Å². The van der Waals surface area contributed by atoms with Crippen molar-refractivity contribution in [1.82, 2.24) is 0 Å². The van der Waals surface area contributed by atoms with Crippen LogP contribution in [0.25, 0.3) is 0 Å². The Hall–Kier alpha value is -2.02. The van der Waals surface area contributed by atoms with Gasteiger partial charge < -0.3 is 5.73 Å². The molecule has 0 bridgehead atoms. The smallest absolute Gasteiger partial charge is 0.398 e. The zero-order chi connectivity index (χ0) is 16.5. The summed E-state index contributed by atoms with van der Waals surface area (Å²) in [7, 11) is -3.78. The van der Waals surface area contributed by atoms with Gasteiger partial charge in [-0.25, -0.2) is 8.42 Å². The molecule has 0 fully saturated rings. The number of alkyl halides is 3. The van der Waals surface area contributed by atoms with Gasteiger partial charge in [0.2, 0.25) is 0 Å². The van der Waals surface area contributed by atoms with Gasteiger partial charge in [0.05, 0.1) is 16.2 Å². The molecular weight excluding hydrogens is 315 g/mol. The number of rotatable bonds is 3. The van der Waals surface area contributed by atoms with Crippen LogP contribution in [0.15, 0.2) is 47.4 Å². The van der Waals surface area contributed by atoms with Gasteiger partial charge in [0, 0.05) is 5.69 Å². The number of halogens is 3. The van der Waals surface area contributed by atoms with E-state index in [0.29, 0.717) is 5.56 Å². The first-order chi connectivity index (χ1) is 10.1. The normalized spacial score (nSPS) is 12.4. The molecule has 0 amide bonds. The highest BCUT2D eigenvalue weighted by atomic mass is 32.2. The van der Waals surface area contributed by atoms with Gasteiger partial charge in [0.25, 0.3) is 0 Å². The third-order valence-electron chi connectivity index (χ3n) is 3.24. The molecule has 0 aromatic heterocycles. The first-order valence-corrected chi connectivity index (χ1v) is 8.00. The van der Waals surface area contributed by atoms with Gasteiger partial charge in [0.1, 0.15) is 0 Å². The maximum atomic E-state index is 12.7. The van der Waals surface area contributed by atoms with E-state index in [1.807, 2.05) is 0 Å². The second kappa shape index (κ2) is 5.64. The lowest BCUT2D eigenvalue weighted by atomic mass is 10.1. The van der Waals surface area contributed by atoms with Crippen molar-refractivity contribution >= 4 is 15.5 Å². The highest BCUT2D eigenvalue weighted by Gasteiger charge is 2.31. The second-order valence-corrected chi connectivity index (χ2v) is 6.89. The van der Waals surface area contributed by atoms with E-state index in [1.54, 1.807) is 25.1 Å². The van der Waals surface area contributed by atoms with Crippen LogP contribution in [0.1, 0.15) is 16.7 Å². The molecule has 0 spiro atoms. The minimum absolute atomic E-state index is 0.0187. The first kappa shape index (κ1) is 16.4. The summed E-state index contributed by atoms with van der Waals surface area (Å²) >= 11 is 0. The van der Waals surface area contributed by atoms with E-state index >= 15 is 0 Å². The topological polar surface area (TPSA) is 60.2 Å². The number of sulfone groups is 1. The molecule has 22 heavy (non-hydrogen) atoms. The molecule has 0 saturated heterocycles. The molecule has 0 aliphatic rings. The molecule has 0 atom stereocenters. The highest BCUT2D eigenvalue weighted by Crippen LogP contribution is 2.32. The third kappa shape index (κ3) is 3.41. The first-order valence-electron chi connectivity index (χ1n) is 6.35. The van der Waals surface area contributed by atoms with Crippen LogP contribution < -0.4 is 5.73 Å². The lowest BCUT2D eigenvalue weighted by molar-refractivity contribution is -0.137. The minimum atomic E-state index is -4.55. The van der Waals surface area contributed by atoms with Crippen LogP contribution >= 0.6 is 0 Å². The number of nitrogen functional groups attached to an aromatic ring is 1. The molecule has 0 aliphatic heterocycles. The van der Waals surface area contributed by atoms with E-state index in [0.717, 1.165) is 18.2 Å². The molecule has 0 radical (unpaired) electrons. The van der Waals surface area contributed by atoms with Gasteiger partial charge in [-0.15, -0.1) is 0 Å². The maximum Gasteiger partial charge on any atom is 0.416 e. The molecule has 0 saturated carbocycles. The molecule has 118 valence electrons. The Morgan fingerprint density at radius 1 is 1.09 bits per heavy atom. The summed E-state index contributed by atoms with van der Waals surface area (Å²) in [5, 5.41) is 0. The quantitative estimate of drug-likeness (QED) is 0.876. The van der Waals surface area contributed by atoms with Crippen LogP contribution in [0.2, 0.25) is 0 Å². The Labute approximate surface area is 126 Å². The average Bonchev–Trinajstić information content (AvgIpc) is 2.40. The largest absolute Gasteiger partial charge is 0.416 e. The van der Waals surface area contributed by atoms with E-state index in [1.165, 1.54) is 6.07 Å². The Bertz CT molecular complexity index is 799. The van der Waals surface area contributed by atoms with Gasteiger partial charge in [-0.3, -0.25) is 0 Å². The fourth-order valence-electron chi connectivity index (χ4n) is 2.09. The molecule has 2 aromatic rings. The van der Waals surface area contributed by atoms with Crippen molar-refractivity contribution in [2.75, 3.05) is 5.73 Å². The van der Waals surface area contributed by atoms with Crippen LogP contribution in [0.5, 0.6) is 0 Å². The lowest BCUT2D eigenvalue weighted by Gasteiger charge is -2.12. The molecule has 3 nitrogen and oxygen atoms in total. The molecule has 0 heterocycles. The molecule has 0 aliphatic carbocycles. The third-order valence-corrected chi connectivity index (χ3v) is 5.06. The standard InChI is InChI=1S/C15H14F3NO2S/c1-10-4-2-3-5-14(10)22(20,21)9-11-8-12(15(16,17)18)6-7-13(11)19/h2-8H,9,19H2,1H3. The Kier molecular flexibility index (Phi) is 4.19. The zero-order valence-corrected chi connectivity index (χ0v) is 12.5. The summed E-state index contributed by atoms with van der Waals surface area (Å²) in [4.78, 5) is 0.0896. The second-order valence-electron chi connectivity index (χ2n) is 4.94. The zero-order valence-electron chi connectivity index (χ0n) is 11.7. The summed E-state index contributed by atoms with van der Waals surface area (Å²) in [6.45, 7) is 1.63. The van der Waals surface area contributed by atoms with E-state index in [9.17, 15) is 21.6 Å². The van der Waals surface area contributed by atoms with Crippen LogP contribution in [-0.4, -0.2) is 8.42 Å². The summed E-state index contributed by atoms with van der Waals surface area (Å²) in [6, 6.07) is 9.00. The van der Waals surface area contributed by atoms with Crippen molar-refractivity contribution in [3.63, 3.8) is 0 Å². The summed E-state index contributed by atoms with van der Waals surface area (Å²) < 4.78 is 63.0. The van der Waals surface area contributed by atoms with Crippen LogP contribution in [0.4, 0.5) is 18.9 Å². The van der Waals surface area contributed by atoms with Crippen LogP contribution in [0.3, 0.4) is 0 Å². The highest BCUT2D eigenvalue weighted by molar-refractivity contribution is 7.90. The number of benzene rings is 2. The van der Waals surface area contributed by atoms with Gasteiger partial charge in [-0.1, -0.05) is 18.2 Å². The number of anilines is 1. The van der Waals surface area contributed by atoms with E-state index in [2.05, 4.69) is 0 Å². The average molecular weight is 329 g/mol. The SMILES string of the molecule is Cc1ccccc1S(=O)(=O)Cc1cc(C(F)(F)F)ccc1N. The van der Waals surface area contributed by atoms with Crippen molar-refractivity contribution in [2.24, 2.45) is 0 Å². The van der Waals surface area contributed by atoms with Crippen molar-refractivity contribution in [2.45, 2.75) is 23.7 Å². The van der Waals surface area contributed by atoms with E-state index in [4.69, 9.17) is 5.73 Å². The van der Waals surface area contributed by atoms with Crippen LogP contribution in [-0.2, 0) is 21.8 Å². The minimum Gasteiger partial charge on any atom is -0.398 e. The Morgan fingerprint density at radius 3 is 2.32 bits per heavy atom. The van der Waals surface area contributed by atoms with Gasteiger partial charge in [0.15, 0.2) is 9.84 Å². The summed E-state index contributed by atoms with van der Waals surface area (Å²) in [5.41, 5.74) is 5.20. The monoisotopic (exact) mass is 329 g/mol. The maximum absolute atomic E-state index is 12.7. The van der Waals surface area contributed by atoms with Gasteiger partial charge in [-0.2, -0.15) is 13.2 Å². The molecular formula is C15H14F3NO2S. The lowest BCUT2D eigenvalue weighted by Crippen LogP contribution is -2.11. The molecule has 7 heteroatoms. The number of aryl methyl sites for hydroxylation is 1. The van der Waals surface area contributed by atoms with Crippen molar-refractivity contribution in [1.29, 1.82) is 0 Å². The number of hydrogen-bond donors (Lipinski definition) is 1. The van der Waals surface area contributed by atoms with E-state index < -0.39 is 27.3 Å². The predicted molar refractivity (Wildman–Crippen MR) is 77.9 cm³/mol. The van der Waals surface area contributed by atoms with Gasteiger partial charge in [-0.05, 0) is 42.3 Å². The van der Waals surface area contributed by atoms with Crippen LogP contribution in [0, 0.1) is 6.92 Å². The number of hydrogen-bond acceptors (Lipinski definition) is 3. The van der Waals surface area contributed by atoms with Crippen molar-refractivity contribution < 1.29 is 21.6 Å². The fourth-order valence-corrected chi connectivity index (χ4v) is 3.75. The summed E-state index contributed by atoms with van der Waals surface area (Å²) in [6.07, 6.45) is -4.55. The number of nitrogens with two attached hydrogens (primary N) is 1. The fraction of sp³-hybridized carbons (Fsp3) is 0.200. The summed E-state index contributed by atoms with van der Waals surface area (Å²) in [5.74, 6) is -0.576. The molecule has 2 aromatic carbocycles. The van der Waals surface area contributed by atoms with Gasteiger partial charge >= 0.3 is 6.18 Å². The van der Waals surface area contributed by atoms with E-state index in [-0.39, 0.29) is 16.1 Å². The predicted octanol–water partition coefficient (Wildman–Crippen LogP) is 3.57. The molecule has 0 unspecified atom stereocenters. The Balaban J connectivity index is 2.44. The molecule has 2 N–H and O–H groups in total.